The number of nitrogens with zero attached hydrogens (tertiary/aromatic N) is 1. The first-order chi connectivity index (χ1) is 32.2. The Kier molecular flexibility index (Phi) is 9.58. The summed E-state index contributed by atoms with van der Waals surface area (Å²) in [6.07, 6.45) is 0. The van der Waals surface area contributed by atoms with Gasteiger partial charge in [0.05, 0.1) is 0 Å². The fourth-order valence-electron chi connectivity index (χ4n) is 9.89. The van der Waals surface area contributed by atoms with Crippen molar-refractivity contribution in [3.05, 3.63) is 261 Å². The van der Waals surface area contributed by atoms with Crippen LogP contribution in [0.5, 0.6) is 0 Å². The van der Waals surface area contributed by atoms with Gasteiger partial charge in [0.1, 0.15) is 0 Å². The first-order valence-corrected chi connectivity index (χ1v) is 22.4. The van der Waals surface area contributed by atoms with Crippen LogP contribution in [-0.2, 0) is 0 Å². The molecule has 0 atom stereocenters. The number of hydrogen-bond acceptors (Lipinski definition) is 1. The van der Waals surface area contributed by atoms with E-state index in [4.69, 9.17) is 0 Å². The van der Waals surface area contributed by atoms with Crippen molar-refractivity contribution in [2.24, 2.45) is 0 Å². The second-order valence-electron chi connectivity index (χ2n) is 16.9. The zero-order chi connectivity index (χ0) is 43.1. The molecule has 12 aromatic carbocycles. The van der Waals surface area contributed by atoms with Crippen LogP contribution in [0.15, 0.2) is 261 Å². The van der Waals surface area contributed by atoms with E-state index in [1.807, 2.05) is 0 Å². The van der Waals surface area contributed by atoms with Gasteiger partial charge in [-0.3, -0.25) is 0 Å². The first-order valence-electron chi connectivity index (χ1n) is 22.4. The molecule has 0 N–H and O–H groups in total. The molecule has 0 radical (unpaired) electrons. The Balaban J connectivity index is 1.02. The summed E-state index contributed by atoms with van der Waals surface area (Å²) >= 11 is 0. The minimum Gasteiger partial charge on any atom is -0.310 e. The standard InChI is InChI=1S/C64H43N/c1-3-17-49(18-4-1)63-61-27-12-11-26-59(61)60-40-39-56(43-62(60)64(63)50-19-5-2-6-20-50)65(55-24-13-23-52(42-55)53-34-31-44-15-7-8-21-51(44)41-53)54-37-35-46(36-38-54)45-29-32-48(33-30-45)58-28-14-22-47-16-9-10-25-57(47)58/h1-43H. The first kappa shape index (κ1) is 38.2. The Morgan fingerprint density at radius 3 is 1.42 bits per heavy atom. The molecule has 0 spiro atoms. The monoisotopic (exact) mass is 825 g/mol. The van der Waals surface area contributed by atoms with Gasteiger partial charge in [0.15, 0.2) is 0 Å². The summed E-state index contributed by atoms with van der Waals surface area (Å²) < 4.78 is 0. The van der Waals surface area contributed by atoms with Crippen LogP contribution in [-0.4, -0.2) is 0 Å². The molecule has 0 saturated carbocycles. The topological polar surface area (TPSA) is 3.24 Å². The van der Waals surface area contributed by atoms with E-state index in [-0.39, 0.29) is 0 Å². The fourth-order valence-corrected chi connectivity index (χ4v) is 9.89. The lowest BCUT2D eigenvalue weighted by atomic mass is 9.85. The summed E-state index contributed by atoms with van der Waals surface area (Å²) in [5.41, 5.74) is 15.3. The lowest BCUT2D eigenvalue weighted by molar-refractivity contribution is 1.29. The van der Waals surface area contributed by atoms with Crippen LogP contribution in [0, 0.1) is 0 Å². The molecular formula is C64H43N. The molecule has 0 aliphatic rings. The molecule has 0 fully saturated rings. The maximum Gasteiger partial charge on any atom is 0.0468 e. The molecule has 0 saturated heterocycles. The molecule has 0 aliphatic carbocycles. The van der Waals surface area contributed by atoms with E-state index in [2.05, 4.69) is 266 Å². The Morgan fingerprint density at radius 1 is 0.200 bits per heavy atom. The van der Waals surface area contributed by atoms with Gasteiger partial charge >= 0.3 is 0 Å². The lowest BCUT2D eigenvalue weighted by Crippen LogP contribution is -2.10. The highest BCUT2D eigenvalue weighted by Gasteiger charge is 2.21. The Bertz CT molecular complexity index is 3680. The summed E-state index contributed by atoms with van der Waals surface area (Å²) in [5, 5.41) is 9.93. The quantitative estimate of drug-likeness (QED) is 0.138. The van der Waals surface area contributed by atoms with Crippen LogP contribution >= 0.6 is 0 Å². The molecule has 12 aromatic rings. The third-order valence-electron chi connectivity index (χ3n) is 13.0. The fraction of sp³-hybridized carbons (Fsp3) is 0. The second-order valence-corrected chi connectivity index (χ2v) is 16.9. The van der Waals surface area contributed by atoms with E-state index in [0.29, 0.717) is 0 Å². The summed E-state index contributed by atoms with van der Waals surface area (Å²) in [4.78, 5) is 2.42. The molecule has 0 aromatic heterocycles. The van der Waals surface area contributed by atoms with E-state index < -0.39 is 0 Å². The number of anilines is 3. The Hall–Kier alpha value is -8.52. The van der Waals surface area contributed by atoms with Crippen LogP contribution in [0.3, 0.4) is 0 Å². The van der Waals surface area contributed by atoms with Gasteiger partial charge in [-0.1, -0.05) is 218 Å². The van der Waals surface area contributed by atoms with E-state index in [1.165, 1.54) is 98.7 Å². The molecular weight excluding hydrogens is 783 g/mol. The van der Waals surface area contributed by atoms with Gasteiger partial charge in [-0.05, 0) is 141 Å². The molecule has 1 heteroatoms. The average Bonchev–Trinajstić information content (AvgIpc) is 3.39. The predicted octanol–water partition coefficient (Wildman–Crippen LogP) is 18.1. The van der Waals surface area contributed by atoms with Gasteiger partial charge < -0.3 is 4.90 Å². The highest BCUT2D eigenvalue weighted by atomic mass is 15.1. The maximum absolute atomic E-state index is 2.42. The summed E-state index contributed by atoms with van der Waals surface area (Å²) in [6, 6.07) is 95.3. The zero-order valence-electron chi connectivity index (χ0n) is 35.8. The van der Waals surface area contributed by atoms with Crippen LogP contribution < -0.4 is 4.90 Å². The maximum atomic E-state index is 2.42. The van der Waals surface area contributed by atoms with E-state index >= 15 is 0 Å². The molecule has 0 bridgehead atoms. The SMILES string of the molecule is c1ccc(-c2c(-c3ccccc3)c3cc(N(c4ccc(-c5ccc(-c6cccc7ccccc67)cc5)cc4)c4cccc(-c5ccc6ccccc6c5)c4)ccc3c3ccccc23)cc1. The normalized spacial score (nSPS) is 11.4. The predicted molar refractivity (Wildman–Crippen MR) is 278 cm³/mol. The molecule has 0 aliphatic heterocycles. The number of fused-ring (bicyclic) bond motifs is 5. The third-order valence-corrected chi connectivity index (χ3v) is 13.0. The molecule has 0 unspecified atom stereocenters. The molecule has 12 rings (SSSR count). The Labute approximate surface area is 379 Å². The number of hydrogen-bond donors (Lipinski definition) is 0. The van der Waals surface area contributed by atoms with Crippen molar-refractivity contribution in [3.8, 4) is 55.6 Å². The van der Waals surface area contributed by atoms with E-state index in [0.717, 1.165) is 17.1 Å². The summed E-state index contributed by atoms with van der Waals surface area (Å²) in [6.45, 7) is 0. The smallest absolute Gasteiger partial charge is 0.0468 e. The number of benzene rings is 12. The minimum atomic E-state index is 1.08. The van der Waals surface area contributed by atoms with Crippen LogP contribution in [0.4, 0.5) is 17.1 Å². The minimum absolute atomic E-state index is 1.08. The van der Waals surface area contributed by atoms with Crippen LogP contribution in [0.2, 0.25) is 0 Å². The van der Waals surface area contributed by atoms with E-state index in [9.17, 15) is 0 Å². The zero-order valence-corrected chi connectivity index (χ0v) is 35.8. The molecule has 0 amide bonds. The van der Waals surface area contributed by atoms with Gasteiger partial charge in [-0.15, -0.1) is 0 Å². The second kappa shape index (κ2) is 16.3. The van der Waals surface area contributed by atoms with Crippen LogP contribution in [0.25, 0.3) is 98.7 Å². The van der Waals surface area contributed by atoms with Gasteiger partial charge in [0.2, 0.25) is 0 Å². The molecule has 65 heavy (non-hydrogen) atoms. The lowest BCUT2D eigenvalue weighted by Gasteiger charge is -2.27. The van der Waals surface area contributed by atoms with Gasteiger partial charge in [0.25, 0.3) is 0 Å². The highest BCUT2D eigenvalue weighted by molar-refractivity contribution is 6.22. The van der Waals surface area contributed by atoms with Crippen molar-refractivity contribution in [2.45, 2.75) is 0 Å². The van der Waals surface area contributed by atoms with E-state index in [1.54, 1.807) is 0 Å². The van der Waals surface area contributed by atoms with Crippen molar-refractivity contribution in [2.75, 3.05) is 4.90 Å². The van der Waals surface area contributed by atoms with Gasteiger partial charge in [0, 0.05) is 17.1 Å². The summed E-state index contributed by atoms with van der Waals surface area (Å²) in [7, 11) is 0. The third kappa shape index (κ3) is 7.01. The average molecular weight is 826 g/mol. The van der Waals surface area contributed by atoms with Crippen molar-refractivity contribution in [1.29, 1.82) is 0 Å². The Morgan fingerprint density at radius 2 is 0.677 bits per heavy atom. The van der Waals surface area contributed by atoms with Gasteiger partial charge in [-0.25, -0.2) is 0 Å². The van der Waals surface area contributed by atoms with Crippen molar-refractivity contribution >= 4 is 60.2 Å². The van der Waals surface area contributed by atoms with Crippen LogP contribution in [0.1, 0.15) is 0 Å². The highest BCUT2D eigenvalue weighted by Crippen LogP contribution is 2.47. The van der Waals surface area contributed by atoms with Gasteiger partial charge in [-0.2, -0.15) is 0 Å². The molecule has 0 heterocycles. The largest absolute Gasteiger partial charge is 0.310 e. The molecule has 1 nitrogen and oxygen atoms in total. The molecule has 304 valence electrons. The van der Waals surface area contributed by atoms with Crippen molar-refractivity contribution < 1.29 is 0 Å². The summed E-state index contributed by atoms with van der Waals surface area (Å²) in [5.74, 6) is 0. The number of rotatable bonds is 8. The van der Waals surface area contributed by atoms with Crippen molar-refractivity contribution in [3.63, 3.8) is 0 Å². The van der Waals surface area contributed by atoms with Crippen molar-refractivity contribution in [1.82, 2.24) is 0 Å².